The van der Waals surface area contributed by atoms with E-state index >= 15 is 8.78 Å². The van der Waals surface area contributed by atoms with E-state index in [1.165, 1.54) is 18.4 Å². The van der Waals surface area contributed by atoms with E-state index in [2.05, 4.69) is 20.5 Å². The van der Waals surface area contributed by atoms with Crippen molar-refractivity contribution in [2.75, 3.05) is 25.6 Å². The lowest BCUT2D eigenvalue weighted by Gasteiger charge is -2.22. The molecule has 1 unspecified atom stereocenters. The molecule has 1 N–H and O–H groups in total. The van der Waals surface area contributed by atoms with E-state index in [9.17, 15) is 4.79 Å². The minimum Gasteiger partial charge on any atom is -0.496 e. The first-order chi connectivity index (χ1) is 25.7. The third-order valence-corrected chi connectivity index (χ3v) is 12.3. The van der Waals surface area contributed by atoms with Gasteiger partial charge in [0.1, 0.15) is 23.4 Å². The number of nitrogens with zero attached hydrogens (tertiary/aromatic N) is 5. The second-order valence-electron chi connectivity index (χ2n) is 14.0. The number of ether oxygens (including phenoxy) is 2. The summed E-state index contributed by atoms with van der Waals surface area (Å²) in [6.07, 6.45) is 3.34. The van der Waals surface area contributed by atoms with Crippen LogP contribution in [0.1, 0.15) is 75.2 Å². The van der Waals surface area contributed by atoms with Crippen LogP contribution in [-0.2, 0) is 12.8 Å². The first-order valence-corrected chi connectivity index (χ1v) is 18.7. The van der Waals surface area contributed by atoms with E-state index in [-0.39, 0.29) is 23.8 Å². The van der Waals surface area contributed by atoms with Crippen LogP contribution in [0.5, 0.6) is 11.5 Å². The number of hydrogen-bond donors (Lipinski definition) is 1. The zero-order valence-electron chi connectivity index (χ0n) is 28.6. The van der Waals surface area contributed by atoms with Crippen molar-refractivity contribution in [3.05, 3.63) is 99.3 Å². The van der Waals surface area contributed by atoms with Crippen LogP contribution in [-0.4, -0.2) is 57.2 Å². The second kappa shape index (κ2) is 11.9. The van der Waals surface area contributed by atoms with Gasteiger partial charge in [-0.3, -0.25) is 9.78 Å². The molecule has 2 aromatic carbocycles. The third-order valence-electron chi connectivity index (χ3n) is 10.9. The highest BCUT2D eigenvalue weighted by Gasteiger charge is 2.49. The number of amides is 1. The number of thiophene rings is 1. The van der Waals surface area contributed by atoms with Crippen molar-refractivity contribution in [1.29, 1.82) is 0 Å². The number of nitrogens with one attached hydrogen (secondary N) is 1. The maximum Gasteiger partial charge on any atom is 0.276 e. The van der Waals surface area contributed by atoms with Crippen molar-refractivity contribution >= 4 is 44.7 Å². The van der Waals surface area contributed by atoms with Gasteiger partial charge in [-0.15, -0.1) is 21.5 Å². The van der Waals surface area contributed by atoms with Crippen molar-refractivity contribution in [1.82, 2.24) is 25.1 Å². The Morgan fingerprint density at radius 2 is 2.00 bits per heavy atom. The van der Waals surface area contributed by atoms with Crippen LogP contribution in [0.2, 0.25) is 5.02 Å². The van der Waals surface area contributed by atoms with Gasteiger partial charge in [-0.25, -0.2) is 13.8 Å². The Bertz CT molecular complexity index is 2500. The van der Waals surface area contributed by atoms with Crippen molar-refractivity contribution in [2.24, 2.45) is 0 Å². The molecule has 6 aromatic rings. The number of aryl methyl sites for hydroxylation is 1. The molecule has 7 heterocycles. The number of halogens is 3. The highest BCUT2D eigenvalue weighted by atomic mass is 35.5. The molecule has 0 saturated carbocycles. The summed E-state index contributed by atoms with van der Waals surface area (Å²) in [6, 6.07) is 13.2. The number of carbonyl (C=O) groups is 1. The number of pyridine rings is 2. The highest BCUT2D eigenvalue weighted by molar-refractivity contribution is 7.23. The molecule has 3 aliphatic heterocycles. The molecule has 0 spiro atoms. The molecule has 10 rings (SSSR count). The normalized spacial score (nSPS) is 20.7. The van der Waals surface area contributed by atoms with E-state index in [1.54, 1.807) is 31.3 Å². The molecular formula is C39H31ClF2N6O4S. The number of rotatable bonds is 7. The van der Waals surface area contributed by atoms with Crippen LogP contribution in [0.3, 0.4) is 0 Å². The SMILES string of the molecule is COc1cccc2c1CC(F)(F)[C@@H]2Nc1nccc2cc(-c3c4c(nc(C[C@H]5COc6cc(Cl)ccc65)c3-c3nnc(C)o3)C3CCCN3C4=O)sc12. The fourth-order valence-corrected chi connectivity index (χ4v) is 9.86. The van der Waals surface area contributed by atoms with Gasteiger partial charge in [0.2, 0.25) is 11.8 Å². The largest absolute Gasteiger partial charge is 0.496 e. The third kappa shape index (κ3) is 5.03. The Morgan fingerprint density at radius 3 is 2.83 bits per heavy atom. The molecule has 1 amide bonds. The zero-order valence-corrected chi connectivity index (χ0v) is 30.2. The summed E-state index contributed by atoms with van der Waals surface area (Å²) >= 11 is 7.67. The summed E-state index contributed by atoms with van der Waals surface area (Å²) < 4.78 is 49.7. The highest BCUT2D eigenvalue weighted by Crippen LogP contribution is 2.53. The Kier molecular flexibility index (Phi) is 7.32. The molecule has 268 valence electrons. The van der Waals surface area contributed by atoms with E-state index in [4.69, 9.17) is 30.5 Å². The molecule has 0 radical (unpaired) electrons. The van der Waals surface area contributed by atoms with Crippen LogP contribution in [0.15, 0.2) is 59.1 Å². The Balaban J connectivity index is 1.15. The average Bonchev–Trinajstić information content (AvgIpc) is 3.99. The number of alkyl halides is 2. The number of anilines is 1. The van der Waals surface area contributed by atoms with Crippen molar-refractivity contribution in [3.8, 4) is 33.4 Å². The molecule has 4 aliphatic rings. The number of fused-ring (bicyclic) bond motifs is 6. The van der Waals surface area contributed by atoms with E-state index in [1.807, 2.05) is 35.2 Å². The van der Waals surface area contributed by atoms with Gasteiger partial charge < -0.3 is 24.1 Å². The Morgan fingerprint density at radius 1 is 1.11 bits per heavy atom. The van der Waals surface area contributed by atoms with Gasteiger partial charge >= 0.3 is 0 Å². The molecule has 3 atom stereocenters. The average molecular weight is 753 g/mol. The van der Waals surface area contributed by atoms with Crippen molar-refractivity contribution in [2.45, 2.75) is 56.5 Å². The Labute approximate surface area is 311 Å². The number of benzene rings is 2. The van der Waals surface area contributed by atoms with Crippen molar-refractivity contribution in [3.63, 3.8) is 0 Å². The van der Waals surface area contributed by atoms with E-state index in [0.29, 0.717) is 80.3 Å². The number of carbonyl (C=O) groups excluding carboxylic acids is 1. The molecular weight excluding hydrogens is 722 g/mol. The number of methoxy groups -OCH3 is 1. The van der Waals surface area contributed by atoms with Crippen molar-refractivity contribution < 1.29 is 27.5 Å². The Hall–Kier alpha value is -5.14. The molecule has 53 heavy (non-hydrogen) atoms. The van der Waals surface area contributed by atoms with E-state index in [0.717, 1.165) is 40.1 Å². The van der Waals surface area contributed by atoms with Crippen LogP contribution >= 0.6 is 22.9 Å². The van der Waals surface area contributed by atoms with E-state index < -0.39 is 18.4 Å². The molecule has 4 aromatic heterocycles. The minimum absolute atomic E-state index is 0.0442. The second-order valence-corrected chi connectivity index (χ2v) is 15.5. The molecule has 10 nitrogen and oxygen atoms in total. The van der Waals surface area contributed by atoms with Crippen LogP contribution in [0.4, 0.5) is 14.6 Å². The predicted octanol–water partition coefficient (Wildman–Crippen LogP) is 8.73. The van der Waals surface area contributed by atoms with Gasteiger partial charge in [0.05, 0.1) is 47.0 Å². The number of hydrogen-bond acceptors (Lipinski definition) is 10. The lowest BCUT2D eigenvalue weighted by molar-refractivity contribution is -0.00734. The molecule has 0 bridgehead atoms. The summed E-state index contributed by atoms with van der Waals surface area (Å²) in [7, 11) is 1.49. The molecule has 1 fully saturated rings. The maximum atomic E-state index is 15.7. The lowest BCUT2D eigenvalue weighted by Crippen LogP contribution is -2.28. The molecule has 14 heteroatoms. The van der Waals surface area contributed by atoms with Crippen LogP contribution in [0.25, 0.3) is 32.0 Å². The van der Waals surface area contributed by atoms with Gasteiger partial charge in [-0.2, -0.15) is 0 Å². The first kappa shape index (κ1) is 32.5. The quantitative estimate of drug-likeness (QED) is 0.171. The maximum absolute atomic E-state index is 15.7. The fourth-order valence-electron chi connectivity index (χ4n) is 8.53. The van der Waals surface area contributed by atoms with Crippen LogP contribution in [0, 0.1) is 6.92 Å². The topological polar surface area (TPSA) is 116 Å². The summed E-state index contributed by atoms with van der Waals surface area (Å²) in [4.78, 5) is 26.8. The molecule has 1 aliphatic carbocycles. The van der Waals surface area contributed by atoms with Gasteiger partial charge in [-0.05, 0) is 54.1 Å². The lowest BCUT2D eigenvalue weighted by atomic mass is 9.89. The van der Waals surface area contributed by atoms with Gasteiger partial charge in [0.25, 0.3) is 11.8 Å². The fraction of sp³-hybridized carbons (Fsp3) is 0.308. The summed E-state index contributed by atoms with van der Waals surface area (Å²) in [6.45, 7) is 2.80. The minimum atomic E-state index is -3.09. The zero-order chi connectivity index (χ0) is 36.2. The van der Waals surface area contributed by atoms with Crippen LogP contribution < -0.4 is 14.8 Å². The standard InChI is InChI=1S/C39H31ClF2N6O4S/c1-18-46-47-37(52-18)30-25(13-20-17-51-28-15-21(40)8-9-22(20)28)44-33-26-6-4-12-48(26)38(49)32(33)31(30)29-14-19-10-11-43-36(34(19)53-29)45-35-23-5-3-7-27(50-2)24(23)16-39(35,41)42/h3,5,7-11,14-15,20,26,35H,4,6,12-13,16-17H2,1-2H3,(H,43,45)/t20-,26?,35+/m0/s1. The predicted molar refractivity (Wildman–Crippen MR) is 195 cm³/mol. The molecule has 1 saturated heterocycles. The van der Waals surface area contributed by atoms with Gasteiger partial charge in [0, 0.05) is 65.0 Å². The van der Waals surface area contributed by atoms with Gasteiger partial charge in [-0.1, -0.05) is 29.8 Å². The monoisotopic (exact) mass is 752 g/mol. The smallest absolute Gasteiger partial charge is 0.276 e. The first-order valence-electron chi connectivity index (χ1n) is 17.5. The number of aromatic nitrogens is 4. The van der Waals surface area contributed by atoms with Gasteiger partial charge in [0.15, 0.2) is 0 Å². The summed E-state index contributed by atoms with van der Waals surface area (Å²) in [5, 5.41) is 13.1. The summed E-state index contributed by atoms with van der Waals surface area (Å²) in [5.74, 6) is -1.10. The summed E-state index contributed by atoms with van der Waals surface area (Å²) in [5.41, 5.74) is 5.17.